The number of benzene rings is 2. The van der Waals surface area contributed by atoms with Crippen LogP contribution in [-0.2, 0) is 10.0 Å². The van der Waals surface area contributed by atoms with Crippen molar-refractivity contribution in [3.05, 3.63) is 65.5 Å². The molecule has 0 radical (unpaired) electrons. The average Bonchev–Trinajstić information content (AvgIpc) is 2.50. The third-order valence-corrected chi connectivity index (χ3v) is 4.39. The Labute approximate surface area is 138 Å². The first-order chi connectivity index (χ1) is 10.3. The predicted octanol–water partition coefficient (Wildman–Crippen LogP) is 2.50. The molecule has 0 saturated carbocycles. The van der Waals surface area contributed by atoms with E-state index >= 15 is 0 Å². The molecule has 0 heterocycles. The summed E-state index contributed by atoms with van der Waals surface area (Å²) in [5, 5.41) is 0. The van der Waals surface area contributed by atoms with Gasteiger partial charge in [0.1, 0.15) is 0 Å². The largest absolute Gasteiger partial charge is 0.323 e. The molecule has 0 spiro atoms. The number of sulfonamides is 1. The first-order valence-electron chi connectivity index (χ1n) is 6.26. The summed E-state index contributed by atoms with van der Waals surface area (Å²) in [6.45, 7) is -0.174. The van der Waals surface area contributed by atoms with Gasteiger partial charge in [0.25, 0.3) is 0 Å². The minimum atomic E-state index is -4.20. The van der Waals surface area contributed by atoms with Crippen LogP contribution in [0.5, 0.6) is 0 Å². The first kappa shape index (κ1) is 19.4. The second-order valence-corrected chi connectivity index (χ2v) is 6.34. The summed E-state index contributed by atoms with van der Waals surface area (Å²) in [4.78, 5) is -0.704. The van der Waals surface area contributed by atoms with Crippen molar-refractivity contribution in [1.29, 1.82) is 0 Å². The molecule has 3 N–H and O–H groups in total. The molecule has 0 aliphatic rings. The van der Waals surface area contributed by atoms with Crippen LogP contribution in [0.3, 0.4) is 0 Å². The molecule has 1 atom stereocenters. The van der Waals surface area contributed by atoms with Gasteiger partial charge in [0.05, 0.1) is 4.90 Å². The number of nitrogens with two attached hydrogens (primary N) is 1. The van der Waals surface area contributed by atoms with E-state index < -0.39 is 38.4 Å². The summed E-state index contributed by atoms with van der Waals surface area (Å²) in [5.74, 6) is -4.87. The van der Waals surface area contributed by atoms with Crippen LogP contribution in [0.25, 0.3) is 0 Å². The van der Waals surface area contributed by atoms with E-state index in [0.717, 1.165) is 0 Å². The fourth-order valence-corrected chi connectivity index (χ4v) is 2.87. The van der Waals surface area contributed by atoms with Crippen LogP contribution in [-0.4, -0.2) is 15.0 Å². The van der Waals surface area contributed by atoms with E-state index in [1.165, 1.54) is 0 Å². The third-order valence-electron chi connectivity index (χ3n) is 2.99. The van der Waals surface area contributed by atoms with Gasteiger partial charge in [-0.15, -0.1) is 12.4 Å². The van der Waals surface area contributed by atoms with Crippen LogP contribution in [0.1, 0.15) is 11.6 Å². The zero-order valence-corrected chi connectivity index (χ0v) is 13.3. The number of hydrogen-bond donors (Lipinski definition) is 2. The fourth-order valence-electron chi connectivity index (χ4n) is 1.79. The highest BCUT2D eigenvalue weighted by Gasteiger charge is 2.20. The lowest BCUT2D eigenvalue weighted by atomic mass is 10.1. The number of nitrogens with one attached hydrogen (secondary N) is 1. The summed E-state index contributed by atoms with van der Waals surface area (Å²) in [5.41, 5.74) is 6.53. The van der Waals surface area contributed by atoms with Crippen molar-refractivity contribution in [2.75, 3.05) is 6.54 Å². The van der Waals surface area contributed by atoms with Crippen molar-refractivity contribution in [2.45, 2.75) is 10.9 Å². The van der Waals surface area contributed by atoms with Gasteiger partial charge in [-0.1, -0.05) is 30.3 Å². The summed E-state index contributed by atoms with van der Waals surface area (Å²) >= 11 is 0. The normalized spacial score (nSPS) is 12.5. The smallest absolute Gasteiger partial charge is 0.240 e. The van der Waals surface area contributed by atoms with E-state index in [0.29, 0.717) is 17.7 Å². The van der Waals surface area contributed by atoms with Crippen LogP contribution in [0, 0.1) is 17.5 Å². The maximum Gasteiger partial charge on any atom is 0.240 e. The molecule has 1 unspecified atom stereocenters. The Hall–Kier alpha value is -1.61. The van der Waals surface area contributed by atoms with Crippen molar-refractivity contribution >= 4 is 22.4 Å². The van der Waals surface area contributed by atoms with Crippen molar-refractivity contribution in [2.24, 2.45) is 5.73 Å². The molecular formula is C14H14ClF3N2O2S. The van der Waals surface area contributed by atoms with Gasteiger partial charge < -0.3 is 5.73 Å². The van der Waals surface area contributed by atoms with Crippen LogP contribution >= 0.6 is 12.4 Å². The summed E-state index contributed by atoms with van der Waals surface area (Å²) in [7, 11) is -4.20. The molecule has 0 aromatic heterocycles. The zero-order valence-electron chi connectivity index (χ0n) is 11.7. The lowest BCUT2D eigenvalue weighted by Crippen LogP contribution is -2.32. The molecule has 126 valence electrons. The Morgan fingerprint density at radius 1 is 1.04 bits per heavy atom. The van der Waals surface area contributed by atoms with Gasteiger partial charge in [0.2, 0.25) is 10.0 Å². The topological polar surface area (TPSA) is 72.2 Å². The average molecular weight is 367 g/mol. The standard InChI is InChI=1S/C14H13F3N2O2S.ClH/c15-11-6-10(7-12(16)14(11)17)22(20,21)19-8-13(18)9-4-2-1-3-5-9;/h1-7,13,19H,8,18H2;1H. The van der Waals surface area contributed by atoms with Crippen LogP contribution in [0.4, 0.5) is 13.2 Å². The minimum absolute atomic E-state index is 0. The molecule has 2 rings (SSSR count). The maximum absolute atomic E-state index is 13.1. The van der Waals surface area contributed by atoms with Crippen LogP contribution in [0.2, 0.25) is 0 Å². The molecule has 2 aromatic carbocycles. The van der Waals surface area contributed by atoms with Gasteiger partial charge in [-0.05, 0) is 17.7 Å². The quantitative estimate of drug-likeness (QED) is 0.799. The van der Waals surface area contributed by atoms with Crippen molar-refractivity contribution in [3.8, 4) is 0 Å². The molecule has 0 aliphatic heterocycles. The molecule has 0 aliphatic carbocycles. The summed E-state index contributed by atoms with van der Waals surface area (Å²) in [6, 6.07) is 8.90. The van der Waals surface area contributed by atoms with E-state index in [1.54, 1.807) is 30.3 Å². The van der Waals surface area contributed by atoms with Gasteiger partial charge in [-0.25, -0.2) is 26.3 Å². The van der Waals surface area contributed by atoms with Crippen LogP contribution < -0.4 is 10.5 Å². The van der Waals surface area contributed by atoms with Gasteiger partial charge >= 0.3 is 0 Å². The third kappa shape index (κ3) is 4.68. The predicted molar refractivity (Wildman–Crippen MR) is 82.1 cm³/mol. The molecule has 4 nitrogen and oxygen atoms in total. The Morgan fingerprint density at radius 2 is 1.57 bits per heavy atom. The second kappa shape index (κ2) is 7.78. The Balaban J connectivity index is 0.00000264. The summed E-state index contributed by atoms with van der Waals surface area (Å²) in [6.07, 6.45) is 0. The molecule has 0 bridgehead atoms. The highest BCUT2D eigenvalue weighted by Crippen LogP contribution is 2.18. The van der Waals surface area contributed by atoms with Gasteiger partial charge in [0, 0.05) is 12.6 Å². The van der Waals surface area contributed by atoms with Gasteiger partial charge in [-0.2, -0.15) is 0 Å². The molecule has 2 aromatic rings. The van der Waals surface area contributed by atoms with Crippen molar-refractivity contribution in [1.82, 2.24) is 4.72 Å². The minimum Gasteiger partial charge on any atom is -0.323 e. The molecule has 0 fully saturated rings. The molecule has 0 saturated heterocycles. The molecule has 0 amide bonds. The highest BCUT2D eigenvalue weighted by molar-refractivity contribution is 7.89. The van der Waals surface area contributed by atoms with E-state index in [4.69, 9.17) is 5.73 Å². The molecule has 23 heavy (non-hydrogen) atoms. The molecule has 9 heteroatoms. The van der Waals surface area contributed by atoms with E-state index in [9.17, 15) is 21.6 Å². The Kier molecular flexibility index (Phi) is 6.57. The van der Waals surface area contributed by atoms with E-state index in [-0.39, 0.29) is 19.0 Å². The van der Waals surface area contributed by atoms with Gasteiger partial charge in [-0.3, -0.25) is 0 Å². The highest BCUT2D eigenvalue weighted by atomic mass is 35.5. The lowest BCUT2D eigenvalue weighted by Gasteiger charge is -2.13. The van der Waals surface area contributed by atoms with E-state index in [1.807, 2.05) is 0 Å². The molecular weight excluding hydrogens is 353 g/mol. The van der Waals surface area contributed by atoms with Gasteiger partial charge in [0.15, 0.2) is 17.5 Å². The van der Waals surface area contributed by atoms with Crippen molar-refractivity contribution in [3.63, 3.8) is 0 Å². The van der Waals surface area contributed by atoms with Crippen molar-refractivity contribution < 1.29 is 21.6 Å². The Morgan fingerprint density at radius 3 is 2.09 bits per heavy atom. The SMILES string of the molecule is Cl.NC(CNS(=O)(=O)c1cc(F)c(F)c(F)c1)c1ccccc1. The number of halogens is 4. The monoisotopic (exact) mass is 366 g/mol. The Bertz CT molecular complexity index is 750. The zero-order chi connectivity index (χ0) is 16.3. The number of rotatable bonds is 5. The van der Waals surface area contributed by atoms with Crippen LogP contribution in [0.15, 0.2) is 47.4 Å². The fraction of sp³-hybridized carbons (Fsp3) is 0.143. The maximum atomic E-state index is 13.1. The lowest BCUT2D eigenvalue weighted by molar-refractivity contribution is 0.442. The summed E-state index contributed by atoms with van der Waals surface area (Å²) < 4.78 is 65.1. The first-order valence-corrected chi connectivity index (χ1v) is 7.74. The number of hydrogen-bond acceptors (Lipinski definition) is 3. The van der Waals surface area contributed by atoms with E-state index in [2.05, 4.69) is 4.72 Å². The second-order valence-electron chi connectivity index (χ2n) is 4.57.